The average Bonchev–Trinajstić information content (AvgIpc) is 3.20. The van der Waals surface area contributed by atoms with Gasteiger partial charge in [0.2, 0.25) is 5.91 Å². The summed E-state index contributed by atoms with van der Waals surface area (Å²) in [5.41, 5.74) is 0. The molecule has 112 valence electrons. The summed E-state index contributed by atoms with van der Waals surface area (Å²) in [6.07, 6.45) is 3.05. The fourth-order valence-corrected chi connectivity index (χ4v) is 3.29. The minimum Gasteiger partial charge on any atom is -0.338 e. The third-order valence-corrected chi connectivity index (χ3v) is 4.70. The molecule has 1 saturated heterocycles. The lowest BCUT2D eigenvalue weighted by molar-refractivity contribution is -0.136. The van der Waals surface area contributed by atoms with E-state index < -0.39 is 0 Å². The molecule has 0 radical (unpaired) electrons. The molecule has 1 aliphatic heterocycles. The average molecular weight is 305 g/mol. The Morgan fingerprint density at radius 2 is 2.19 bits per heavy atom. The monoisotopic (exact) mass is 305 g/mol. The quantitative estimate of drug-likeness (QED) is 0.853. The van der Waals surface area contributed by atoms with Gasteiger partial charge in [-0.15, -0.1) is 11.3 Å². The molecule has 0 unspecified atom stereocenters. The zero-order valence-corrected chi connectivity index (χ0v) is 12.9. The number of amides is 1. The Balaban J connectivity index is 1.52. The van der Waals surface area contributed by atoms with Gasteiger partial charge in [0, 0.05) is 37.6 Å². The highest BCUT2D eigenvalue weighted by Gasteiger charge is 2.26. The van der Waals surface area contributed by atoms with E-state index in [0.717, 1.165) is 32.7 Å². The molecule has 7 heteroatoms. The molecular weight excluding hydrogens is 286 g/mol. The number of piperazine rings is 1. The maximum atomic E-state index is 12.4. The van der Waals surface area contributed by atoms with Crippen molar-refractivity contribution in [2.24, 2.45) is 0 Å². The Morgan fingerprint density at radius 3 is 2.81 bits per heavy atom. The standard InChI is InChI=1S/C14H19N5OS/c1-12(19-11-15-10-16-19)14(20)18-6-4-17(5-7-18)9-13-3-2-8-21-13/h2-3,8,10-12H,4-7,9H2,1H3/t12-/m1/s1. The van der Waals surface area contributed by atoms with Crippen molar-refractivity contribution in [3.8, 4) is 0 Å². The second kappa shape index (κ2) is 6.36. The number of rotatable bonds is 4. The highest BCUT2D eigenvalue weighted by molar-refractivity contribution is 7.09. The minimum atomic E-state index is -0.281. The van der Waals surface area contributed by atoms with Crippen LogP contribution in [0.5, 0.6) is 0 Å². The van der Waals surface area contributed by atoms with Gasteiger partial charge in [-0.05, 0) is 18.4 Å². The molecule has 6 nitrogen and oxygen atoms in total. The summed E-state index contributed by atoms with van der Waals surface area (Å²) < 4.78 is 1.61. The number of hydrogen-bond acceptors (Lipinski definition) is 5. The molecule has 2 aromatic rings. The Hall–Kier alpha value is -1.73. The Kier molecular flexibility index (Phi) is 4.31. The van der Waals surface area contributed by atoms with E-state index in [2.05, 4.69) is 32.5 Å². The van der Waals surface area contributed by atoms with Crippen LogP contribution in [0.25, 0.3) is 0 Å². The first-order valence-corrected chi connectivity index (χ1v) is 7.99. The molecule has 1 aliphatic rings. The van der Waals surface area contributed by atoms with Gasteiger partial charge in [0.1, 0.15) is 18.7 Å². The van der Waals surface area contributed by atoms with Gasteiger partial charge in [0.15, 0.2) is 0 Å². The lowest BCUT2D eigenvalue weighted by Gasteiger charge is -2.35. The van der Waals surface area contributed by atoms with E-state index in [4.69, 9.17) is 0 Å². The molecular formula is C14H19N5OS. The summed E-state index contributed by atoms with van der Waals surface area (Å²) >= 11 is 1.79. The molecule has 1 atom stereocenters. The first-order valence-electron chi connectivity index (χ1n) is 7.11. The number of thiophene rings is 1. The van der Waals surface area contributed by atoms with Crippen LogP contribution in [0.2, 0.25) is 0 Å². The van der Waals surface area contributed by atoms with Gasteiger partial charge in [-0.3, -0.25) is 9.69 Å². The van der Waals surface area contributed by atoms with Crippen molar-refractivity contribution < 1.29 is 4.79 Å². The Labute approximate surface area is 128 Å². The van der Waals surface area contributed by atoms with Gasteiger partial charge < -0.3 is 4.90 Å². The van der Waals surface area contributed by atoms with E-state index in [0.29, 0.717) is 0 Å². The maximum Gasteiger partial charge on any atom is 0.247 e. The number of hydrogen-bond donors (Lipinski definition) is 0. The summed E-state index contributed by atoms with van der Waals surface area (Å²) in [4.78, 5) is 22.0. The van der Waals surface area contributed by atoms with Crippen LogP contribution in [0.4, 0.5) is 0 Å². The number of carbonyl (C=O) groups excluding carboxylic acids is 1. The summed E-state index contributed by atoms with van der Waals surface area (Å²) in [5, 5.41) is 6.15. The lowest BCUT2D eigenvalue weighted by atomic mass is 10.2. The van der Waals surface area contributed by atoms with Crippen molar-refractivity contribution in [1.29, 1.82) is 0 Å². The van der Waals surface area contributed by atoms with Crippen molar-refractivity contribution in [1.82, 2.24) is 24.6 Å². The van der Waals surface area contributed by atoms with Crippen LogP contribution in [0.1, 0.15) is 17.8 Å². The van der Waals surface area contributed by atoms with Crippen molar-refractivity contribution in [2.45, 2.75) is 19.5 Å². The van der Waals surface area contributed by atoms with Gasteiger partial charge in [-0.1, -0.05) is 6.07 Å². The van der Waals surface area contributed by atoms with Crippen molar-refractivity contribution in [3.05, 3.63) is 35.0 Å². The second-order valence-corrected chi connectivity index (χ2v) is 6.26. The van der Waals surface area contributed by atoms with Crippen LogP contribution in [0, 0.1) is 0 Å². The van der Waals surface area contributed by atoms with Crippen molar-refractivity contribution in [3.63, 3.8) is 0 Å². The van der Waals surface area contributed by atoms with E-state index in [1.807, 2.05) is 11.8 Å². The summed E-state index contributed by atoms with van der Waals surface area (Å²) in [7, 11) is 0. The zero-order valence-electron chi connectivity index (χ0n) is 12.1. The van der Waals surface area contributed by atoms with E-state index in [-0.39, 0.29) is 11.9 Å². The summed E-state index contributed by atoms with van der Waals surface area (Å²) in [5.74, 6) is 0.122. The summed E-state index contributed by atoms with van der Waals surface area (Å²) in [6, 6.07) is 3.96. The number of nitrogens with zero attached hydrogens (tertiary/aromatic N) is 5. The molecule has 21 heavy (non-hydrogen) atoms. The molecule has 0 bridgehead atoms. The molecule has 0 saturated carbocycles. The normalized spacial score (nSPS) is 17.9. The van der Waals surface area contributed by atoms with Crippen LogP contribution >= 0.6 is 11.3 Å². The van der Waals surface area contributed by atoms with Crippen LogP contribution in [-0.4, -0.2) is 56.7 Å². The molecule has 1 amide bonds. The number of aromatic nitrogens is 3. The highest BCUT2D eigenvalue weighted by atomic mass is 32.1. The molecule has 0 aliphatic carbocycles. The molecule has 1 fully saturated rings. The topological polar surface area (TPSA) is 54.3 Å². The maximum absolute atomic E-state index is 12.4. The molecule has 0 spiro atoms. The molecule has 3 rings (SSSR count). The predicted octanol–water partition coefficient (Wildman–Crippen LogP) is 1.25. The SMILES string of the molecule is C[C@H](C(=O)N1CCN(Cc2cccs2)CC1)n1cncn1. The van der Waals surface area contributed by atoms with Crippen LogP contribution in [0.15, 0.2) is 30.2 Å². The minimum absolute atomic E-state index is 0.122. The molecule has 3 heterocycles. The van der Waals surface area contributed by atoms with Gasteiger partial charge in [0.25, 0.3) is 0 Å². The van der Waals surface area contributed by atoms with E-state index in [1.54, 1.807) is 22.3 Å². The van der Waals surface area contributed by atoms with E-state index in [1.165, 1.54) is 11.2 Å². The van der Waals surface area contributed by atoms with Crippen LogP contribution < -0.4 is 0 Å². The second-order valence-electron chi connectivity index (χ2n) is 5.23. The van der Waals surface area contributed by atoms with Gasteiger partial charge >= 0.3 is 0 Å². The fourth-order valence-electron chi connectivity index (χ4n) is 2.54. The fraction of sp³-hybridized carbons (Fsp3) is 0.500. The van der Waals surface area contributed by atoms with Gasteiger partial charge in [0.05, 0.1) is 0 Å². The lowest BCUT2D eigenvalue weighted by Crippen LogP contribution is -2.49. The highest BCUT2D eigenvalue weighted by Crippen LogP contribution is 2.15. The van der Waals surface area contributed by atoms with Crippen molar-refractivity contribution >= 4 is 17.2 Å². The molecule has 2 aromatic heterocycles. The number of carbonyl (C=O) groups is 1. The smallest absolute Gasteiger partial charge is 0.247 e. The van der Waals surface area contributed by atoms with Gasteiger partial charge in [-0.25, -0.2) is 9.67 Å². The Morgan fingerprint density at radius 1 is 1.38 bits per heavy atom. The molecule has 0 N–H and O–H groups in total. The first-order chi connectivity index (χ1) is 10.2. The van der Waals surface area contributed by atoms with Gasteiger partial charge in [-0.2, -0.15) is 5.10 Å². The predicted molar refractivity (Wildman–Crippen MR) is 80.9 cm³/mol. The van der Waals surface area contributed by atoms with Crippen LogP contribution in [-0.2, 0) is 11.3 Å². The first kappa shape index (κ1) is 14.2. The van der Waals surface area contributed by atoms with E-state index in [9.17, 15) is 4.79 Å². The largest absolute Gasteiger partial charge is 0.338 e. The molecule has 0 aromatic carbocycles. The third-order valence-electron chi connectivity index (χ3n) is 3.83. The van der Waals surface area contributed by atoms with Crippen LogP contribution in [0.3, 0.4) is 0 Å². The van der Waals surface area contributed by atoms with E-state index >= 15 is 0 Å². The Bertz CT molecular complexity index is 560. The summed E-state index contributed by atoms with van der Waals surface area (Å²) in [6.45, 7) is 6.27. The van der Waals surface area contributed by atoms with Crippen molar-refractivity contribution in [2.75, 3.05) is 26.2 Å². The zero-order chi connectivity index (χ0) is 14.7. The third kappa shape index (κ3) is 3.30.